The molecule has 2 rings (SSSR count). The Labute approximate surface area is 130 Å². The zero-order chi connectivity index (χ0) is 17.3. The highest BCUT2D eigenvalue weighted by atomic mass is 16.4. The van der Waals surface area contributed by atoms with E-state index in [4.69, 9.17) is 5.11 Å². The lowest BCUT2D eigenvalue weighted by atomic mass is 10.1. The first-order valence-corrected chi connectivity index (χ1v) is 6.89. The molecule has 0 aromatic carbocycles. The Morgan fingerprint density at radius 1 is 1.13 bits per heavy atom. The molecule has 2 heterocycles. The van der Waals surface area contributed by atoms with Crippen LogP contribution in [-0.4, -0.2) is 64.9 Å². The number of rotatable bonds is 5. The predicted octanol–water partition coefficient (Wildman–Crippen LogP) is -2.88. The van der Waals surface area contributed by atoms with Gasteiger partial charge in [0.15, 0.2) is 11.5 Å². The molecular weight excluding hydrogens is 309 g/mol. The molecule has 2 aliphatic heterocycles. The molecule has 5 N–H and O–H groups in total. The summed E-state index contributed by atoms with van der Waals surface area (Å²) in [4.78, 5) is 33.1. The van der Waals surface area contributed by atoms with Crippen molar-refractivity contribution in [2.75, 3.05) is 6.61 Å². The summed E-state index contributed by atoms with van der Waals surface area (Å²) in [5.41, 5.74) is -0.626. The van der Waals surface area contributed by atoms with Crippen molar-refractivity contribution in [1.29, 1.82) is 0 Å². The van der Waals surface area contributed by atoms with Gasteiger partial charge in [0.05, 0.1) is 18.8 Å². The number of aromatic amines is 1. The summed E-state index contributed by atoms with van der Waals surface area (Å²) in [5.74, 6) is -0.0356. The Balaban J connectivity index is 2.53. The quantitative estimate of drug-likeness (QED) is 0.391. The molecule has 0 spiro atoms. The van der Waals surface area contributed by atoms with Gasteiger partial charge in [-0.3, -0.25) is 9.78 Å². The third-order valence-corrected chi connectivity index (χ3v) is 3.66. The van der Waals surface area contributed by atoms with Crippen molar-refractivity contribution in [1.82, 2.24) is 19.5 Å². The molecule has 0 amide bonds. The number of fused-ring (bicyclic) bond motifs is 1. The normalized spacial score (nSPS) is 15.6. The number of aliphatic hydroxyl groups is 4. The minimum atomic E-state index is -1.61. The Bertz CT molecular complexity index is 785. The highest BCUT2D eigenvalue weighted by molar-refractivity contribution is 5.50. The van der Waals surface area contributed by atoms with Crippen LogP contribution in [0.1, 0.15) is 11.4 Å². The average Bonchev–Trinajstić information content (AvgIpc) is 2.51. The molecule has 2 aliphatic rings. The van der Waals surface area contributed by atoms with E-state index in [0.717, 1.165) is 0 Å². The van der Waals surface area contributed by atoms with E-state index in [1.807, 2.05) is 4.98 Å². The second-order valence-corrected chi connectivity index (χ2v) is 5.24. The van der Waals surface area contributed by atoms with Gasteiger partial charge >= 0.3 is 5.69 Å². The van der Waals surface area contributed by atoms with Crippen LogP contribution in [-0.2, 0) is 6.54 Å². The number of nitrogens with zero attached hydrogens (tertiary/aromatic N) is 3. The van der Waals surface area contributed by atoms with Crippen molar-refractivity contribution in [3.8, 4) is 11.5 Å². The van der Waals surface area contributed by atoms with Gasteiger partial charge in [0.25, 0.3) is 5.56 Å². The van der Waals surface area contributed by atoms with Crippen molar-refractivity contribution >= 4 is 0 Å². The summed E-state index contributed by atoms with van der Waals surface area (Å²) in [6.07, 6.45) is -4.59. The molecule has 0 aliphatic carbocycles. The SMILES string of the molecule is Cc1nc2[13c](=O)[nH]c(=O)nc-2n(C[C@H](O)[C@H](O)[C@H](O)CO)c1C. The first-order chi connectivity index (χ1) is 10.8. The van der Waals surface area contributed by atoms with Crippen LogP contribution in [0.3, 0.4) is 0 Å². The van der Waals surface area contributed by atoms with Gasteiger partial charge in [0.1, 0.15) is 18.3 Å². The Hall–Kier alpha value is -2.14. The van der Waals surface area contributed by atoms with Gasteiger partial charge in [0, 0.05) is 5.69 Å². The lowest BCUT2D eigenvalue weighted by Gasteiger charge is -2.25. The highest BCUT2D eigenvalue weighted by Gasteiger charge is 2.27. The molecule has 126 valence electrons. The molecule has 10 nitrogen and oxygen atoms in total. The molecule has 23 heavy (non-hydrogen) atoms. The maximum atomic E-state index is 11.8. The highest BCUT2D eigenvalue weighted by Crippen LogP contribution is 2.18. The molecule has 0 fully saturated rings. The molecule has 3 atom stereocenters. The van der Waals surface area contributed by atoms with E-state index < -0.39 is 36.2 Å². The van der Waals surface area contributed by atoms with E-state index in [1.165, 1.54) is 4.57 Å². The first-order valence-electron chi connectivity index (χ1n) is 6.89. The number of H-pyrrole nitrogens is 1. The molecule has 0 saturated carbocycles. The summed E-state index contributed by atoms with van der Waals surface area (Å²) >= 11 is 0. The fraction of sp³-hybridized carbons (Fsp3) is 0.538. The summed E-state index contributed by atoms with van der Waals surface area (Å²) < 4.78 is 1.37. The Kier molecular flexibility index (Phi) is 4.90. The summed E-state index contributed by atoms with van der Waals surface area (Å²) in [5, 5.41) is 38.0. The zero-order valence-electron chi connectivity index (χ0n) is 12.6. The van der Waals surface area contributed by atoms with Gasteiger partial charge < -0.3 is 25.0 Å². The number of hydrogen-bond acceptors (Lipinski definition) is 8. The van der Waals surface area contributed by atoms with Crippen molar-refractivity contribution < 1.29 is 20.4 Å². The molecule has 0 unspecified atom stereocenters. The number of aryl methyl sites for hydroxylation is 1. The van der Waals surface area contributed by atoms with Crippen molar-refractivity contribution in [3.05, 3.63) is 32.2 Å². The maximum absolute atomic E-state index is 11.8. The Morgan fingerprint density at radius 2 is 1.78 bits per heavy atom. The van der Waals surface area contributed by atoms with Crippen LogP contribution in [0.2, 0.25) is 0 Å². The second kappa shape index (κ2) is 6.54. The van der Waals surface area contributed by atoms with Crippen LogP contribution in [0.5, 0.6) is 0 Å². The van der Waals surface area contributed by atoms with E-state index in [9.17, 15) is 24.9 Å². The van der Waals surface area contributed by atoms with Crippen LogP contribution in [0.4, 0.5) is 0 Å². The third-order valence-electron chi connectivity index (χ3n) is 3.66. The first kappa shape index (κ1) is 17.2. The van der Waals surface area contributed by atoms with Crippen molar-refractivity contribution in [3.63, 3.8) is 0 Å². The second-order valence-electron chi connectivity index (χ2n) is 5.24. The summed E-state index contributed by atoms with van der Waals surface area (Å²) in [7, 11) is 0. The van der Waals surface area contributed by atoms with Crippen molar-refractivity contribution in [2.24, 2.45) is 0 Å². The zero-order valence-corrected chi connectivity index (χ0v) is 12.6. The van der Waals surface area contributed by atoms with Crippen molar-refractivity contribution in [2.45, 2.75) is 38.7 Å². The number of aliphatic hydroxyl groups excluding tert-OH is 4. The molecule has 0 aromatic heterocycles. The molecule has 0 bridgehead atoms. The standard InChI is InChI=1S/C13H18N4O6/c1-5-6(2)17(3-7(19)10(21)8(20)4-18)11-9(14-5)12(22)16-13(23)15-11/h7-8,10,18-21H,3-4H2,1-2H3,(H,16,22,23)/t7-,8+,10-/m0/s1/i12+1. The van der Waals surface area contributed by atoms with E-state index in [2.05, 4.69) is 9.97 Å². The summed E-state index contributed by atoms with van der Waals surface area (Å²) in [6.45, 7) is 2.32. The number of hydrogen-bond donors (Lipinski definition) is 5. The topological polar surface area (TPSA) is 162 Å². The van der Waals surface area contributed by atoms with Gasteiger partial charge in [0.2, 0.25) is 0 Å². The van der Waals surface area contributed by atoms with Crippen LogP contribution in [0.15, 0.2) is 9.59 Å². The molecule has 0 aromatic rings. The van der Waals surface area contributed by atoms with Gasteiger partial charge in [-0.1, -0.05) is 0 Å². The van der Waals surface area contributed by atoms with Crippen LogP contribution < -0.4 is 11.2 Å². The lowest BCUT2D eigenvalue weighted by molar-refractivity contribution is -0.0807. The van der Waals surface area contributed by atoms with E-state index in [-0.39, 0.29) is 18.1 Å². The van der Waals surface area contributed by atoms with Gasteiger partial charge in [-0.15, -0.1) is 0 Å². The van der Waals surface area contributed by atoms with E-state index in [1.54, 1.807) is 13.8 Å². The van der Waals surface area contributed by atoms with E-state index in [0.29, 0.717) is 11.4 Å². The van der Waals surface area contributed by atoms with Gasteiger partial charge in [-0.2, -0.15) is 4.98 Å². The number of aromatic nitrogens is 4. The average molecular weight is 327 g/mol. The monoisotopic (exact) mass is 327 g/mol. The predicted molar refractivity (Wildman–Crippen MR) is 78.1 cm³/mol. The fourth-order valence-electron chi connectivity index (χ4n) is 2.21. The van der Waals surface area contributed by atoms with Crippen LogP contribution in [0, 0.1) is 13.8 Å². The third kappa shape index (κ3) is 3.29. The largest absolute Gasteiger partial charge is 0.394 e. The lowest BCUT2D eigenvalue weighted by Crippen LogP contribution is -2.42. The summed E-state index contributed by atoms with van der Waals surface area (Å²) in [6, 6.07) is 0. The molecular formula is C13H18N4O6. The van der Waals surface area contributed by atoms with Crippen LogP contribution >= 0.6 is 0 Å². The molecule has 10 heteroatoms. The van der Waals surface area contributed by atoms with Crippen LogP contribution in [0.25, 0.3) is 11.5 Å². The molecule has 0 saturated heterocycles. The molecule has 0 radical (unpaired) electrons. The maximum Gasteiger partial charge on any atom is 0.349 e. The van der Waals surface area contributed by atoms with E-state index >= 15 is 0 Å². The minimum absolute atomic E-state index is 0.0356. The van der Waals surface area contributed by atoms with Gasteiger partial charge in [-0.05, 0) is 13.8 Å². The smallest absolute Gasteiger partial charge is 0.349 e. The van der Waals surface area contributed by atoms with Gasteiger partial charge in [-0.25, -0.2) is 9.78 Å². The fourth-order valence-corrected chi connectivity index (χ4v) is 2.21. The minimum Gasteiger partial charge on any atom is -0.394 e. The Morgan fingerprint density at radius 3 is 2.39 bits per heavy atom. The number of nitrogens with one attached hydrogen (secondary N) is 1.